The molecule has 0 bridgehead atoms. The fourth-order valence-electron chi connectivity index (χ4n) is 3.03. The lowest BCUT2D eigenvalue weighted by molar-refractivity contribution is -0.114. The van der Waals surface area contributed by atoms with Crippen LogP contribution in [0.3, 0.4) is 0 Å². The molecule has 2 N–H and O–H groups in total. The predicted molar refractivity (Wildman–Crippen MR) is 96.4 cm³/mol. The van der Waals surface area contributed by atoms with Crippen LogP contribution in [0.5, 0.6) is 0 Å². The maximum atomic E-state index is 12.4. The summed E-state index contributed by atoms with van der Waals surface area (Å²) in [5.41, 5.74) is 3.37. The maximum absolute atomic E-state index is 12.4. The van der Waals surface area contributed by atoms with E-state index in [4.69, 9.17) is 0 Å². The Labute approximate surface area is 147 Å². The first-order valence-corrected chi connectivity index (χ1v) is 8.50. The Kier molecular flexibility index (Phi) is 4.97. The van der Waals surface area contributed by atoms with Gasteiger partial charge < -0.3 is 15.2 Å². The molecular weight excluding hydrogens is 316 g/mol. The first-order chi connectivity index (χ1) is 12.1. The number of rotatable bonds is 5. The average Bonchev–Trinajstić information content (AvgIpc) is 3.12. The molecule has 130 valence electrons. The fourth-order valence-corrected chi connectivity index (χ4v) is 3.03. The molecule has 0 atom stereocenters. The van der Waals surface area contributed by atoms with E-state index >= 15 is 0 Å². The van der Waals surface area contributed by atoms with Gasteiger partial charge in [-0.15, -0.1) is 0 Å². The summed E-state index contributed by atoms with van der Waals surface area (Å²) in [6, 6.07) is 5.47. The summed E-state index contributed by atoms with van der Waals surface area (Å²) in [6.45, 7) is 6.66. The molecule has 0 saturated carbocycles. The van der Waals surface area contributed by atoms with E-state index in [1.54, 1.807) is 17.2 Å². The highest BCUT2D eigenvalue weighted by Crippen LogP contribution is 2.28. The van der Waals surface area contributed by atoms with Crippen LogP contribution in [0, 0.1) is 0 Å². The third-order valence-corrected chi connectivity index (χ3v) is 4.36. The number of fused-ring (bicyclic) bond motifs is 1. The van der Waals surface area contributed by atoms with Gasteiger partial charge in [0, 0.05) is 24.2 Å². The van der Waals surface area contributed by atoms with E-state index in [0.717, 1.165) is 42.0 Å². The third-order valence-electron chi connectivity index (χ3n) is 4.36. The van der Waals surface area contributed by atoms with Crippen molar-refractivity contribution in [2.75, 3.05) is 11.4 Å². The highest BCUT2D eigenvalue weighted by molar-refractivity contribution is 6.02. The molecule has 3 rings (SSSR count). The van der Waals surface area contributed by atoms with E-state index in [9.17, 15) is 9.59 Å². The summed E-state index contributed by atoms with van der Waals surface area (Å²) in [7, 11) is 0. The molecule has 0 unspecified atom stereocenters. The molecule has 0 spiro atoms. The van der Waals surface area contributed by atoms with Gasteiger partial charge in [0.2, 0.25) is 5.91 Å². The van der Waals surface area contributed by atoms with Crippen LogP contribution in [-0.2, 0) is 24.2 Å². The maximum Gasteiger partial charge on any atom is 0.251 e. The van der Waals surface area contributed by atoms with E-state index in [-0.39, 0.29) is 11.8 Å². The van der Waals surface area contributed by atoms with Crippen molar-refractivity contribution in [1.29, 1.82) is 0 Å². The molecule has 6 heteroatoms. The van der Waals surface area contributed by atoms with Crippen LogP contribution < -0.4 is 10.2 Å². The number of carbonyl (C=O) groups is 2. The zero-order valence-corrected chi connectivity index (χ0v) is 14.3. The zero-order valence-electron chi connectivity index (χ0n) is 14.3. The largest absolute Gasteiger partial charge is 0.346 e. The number of aromatic nitrogens is 2. The third kappa shape index (κ3) is 3.63. The highest BCUT2D eigenvalue weighted by atomic mass is 16.2. The molecule has 2 amide bonds. The number of benzene rings is 1. The second-order valence-corrected chi connectivity index (χ2v) is 6.03. The SMILES string of the molecule is C=CC(=O)N1CCCc2cc(C(=O)NCc3cnc(CC)[nH]3)ccc21. The smallest absolute Gasteiger partial charge is 0.251 e. The number of carbonyl (C=O) groups excluding carboxylic acids is 2. The second-order valence-electron chi connectivity index (χ2n) is 6.03. The summed E-state index contributed by atoms with van der Waals surface area (Å²) in [5, 5.41) is 2.90. The molecule has 0 aliphatic carbocycles. The van der Waals surface area contributed by atoms with Gasteiger partial charge in [-0.2, -0.15) is 0 Å². The Balaban J connectivity index is 1.71. The Morgan fingerprint density at radius 1 is 1.44 bits per heavy atom. The Morgan fingerprint density at radius 2 is 2.28 bits per heavy atom. The highest BCUT2D eigenvalue weighted by Gasteiger charge is 2.21. The second kappa shape index (κ2) is 7.34. The molecule has 0 saturated heterocycles. The minimum atomic E-state index is -0.136. The normalized spacial score (nSPS) is 13.2. The number of nitrogens with zero attached hydrogens (tertiary/aromatic N) is 2. The summed E-state index contributed by atoms with van der Waals surface area (Å²) < 4.78 is 0. The van der Waals surface area contributed by atoms with Crippen LogP contribution in [0.25, 0.3) is 0 Å². The molecule has 1 aromatic carbocycles. The number of hydrogen-bond donors (Lipinski definition) is 2. The van der Waals surface area contributed by atoms with Crippen LogP contribution in [0.2, 0.25) is 0 Å². The van der Waals surface area contributed by atoms with E-state index in [1.165, 1.54) is 6.08 Å². The van der Waals surface area contributed by atoms with Crippen LogP contribution in [0.1, 0.15) is 40.8 Å². The van der Waals surface area contributed by atoms with Crippen LogP contribution in [0.15, 0.2) is 37.1 Å². The van der Waals surface area contributed by atoms with Crippen molar-refractivity contribution in [3.05, 3.63) is 59.7 Å². The van der Waals surface area contributed by atoms with Gasteiger partial charge in [0.25, 0.3) is 5.91 Å². The molecule has 1 aromatic heterocycles. The number of amides is 2. The standard InChI is InChI=1S/C19H22N4O2/c1-3-17-20-11-15(22-17)12-21-19(25)14-7-8-16-13(10-14)6-5-9-23(16)18(24)4-2/h4,7-8,10-11H,2-3,5-6,9,12H2,1H3,(H,20,22)(H,21,25). The van der Waals surface area contributed by atoms with Crippen LogP contribution in [0.4, 0.5) is 5.69 Å². The molecule has 2 aromatic rings. The zero-order chi connectivity index (χ0) is 17.8. The van der Waals surface area contributed by atoms with Crippen molar-refractivity contribution >= 4 is 17.5 Å². The predicted octanol–water partition coefficient (Wildman–Crippen LogP) is 2.37. The Hall–Kier alpha value is -2.89. The van der Waals surface area contributed by atoms with E-state index in [0.29, 0.717) is 18.7 Å². The number of H-pyrrole nitrogens is 1. The quantitative estimate of drug-likeness (QED) is 0.822. The lowest BCUT2D eigenvalue weighted by atomic mass is 9.98. The van der Waals surface area contributed by atoms with Crippen molar-refractivity contribution in [2.45, 2.75) is 32.7 Å². The van der Waals surface area contributed by atoms with Gasteiger partial charge in [0.1, 0.15) is 5.82 Å². The van der Waals surface area contributed by atoms with Crippen molar-refractivity contribution in [3.63, 3.8) is 0 Å². The topological polar surface area (TPSA) is 78.1 Å². The number of imidazole rings is 1. The van der Waals surface area contributed by atoms with E-state index in [2.05, 4.69) is 21.9 Å². The lowest BCUT2D eigenvalue weighted by Gasteiger charge is -2.28. The summed E-state index contributed by atoms with van der Waals surface area (Å²) in [6.07, 6.45) is 5.64. The molecule has 2 heterocycles. The first kappa shape index (κ1) is 17.0. The number of hydrogen-bond acceptors (Lipinski definition) is 3. The van der Waals surface area contributed by atoms with Crippen molar-refractivity contribution in [1.82, 2.24) is 15.3 Å². The number of anilines is 1. The van der Waals surface area contributed by atoms with Crippen LogP contribution in [-0.4, -0.2) is 28.3 Å². The monoisotopic (exact) mass is 338 g/mol. The van der Waals surface area contributed by atoms with Crippen molar-refractivity contribution in [3.8, 4) is 0 Å². The summed E-state index contributed by atoms with van der Waals surface area (Å²) in [4.78, 5) is 33.5. The minimum absolute atomic E-state index is 0.107. The number of nitrogens with one attached hydrogen (secondary N) is 2. The molecule has 1 aliphatic rings. The number of aromatic amines is 1. The molecule has 0 radical (unpaired) electrons. The van der Waals surface area contributed by atoms with Gasteiger partial charge in [-0.05, 0) is 42.7 Å². The van der Waals surface area contributed by atoms with E-state index in [1.807, 2.05) is 19.1 Å². The van der Waals surface area contributed by atoms with Gasteiger partial charge >= 0.3 is 0 Å². The van der Waals surface area contributed by atoms with Gasteiger partial charge in [-0.1, -0.05) is 13.5 Å². The molecule has 0 fully saturated rings. The minimum Gasteiger partial charge on any atom is -0.346 e. The van der Waals surface area contributed by atoms with Gasteiger partial charge in [0.05, 0.1) is 18.4 Å². The average molecular weight is 338 g/mol. The Bertz CT molecular complexity index is 810. The van der Waals surface area contributed by atoms with Gasteiger partial charge in [-0.3, -0.25) is 9.59 Å². The van der Waals surface area contributed by atoms with Gasteiger partial charge in [-0.25, -0.2) is 4.98 Å². The van der Waals surface area contributed by atoms with Crippen molar-refractivity contribution in [2.24, 2.45) is 0 Å². The molecule has 6 nitrogen and oxygen atoms in total. The molecule has 1 aliphatic heterocycles. The summed E-state index contributed by atoms with van der Waals surface area (Å²) in [5.74, 6) is 0.664. The van der Waals surface area contributed by atoms with Gasteiger partial charge in [0.15, 0.2) is 0 Å². The molecule has 25 heavy (non-hydrogen) atoms. The fraction of sp³-hybridized carbons (Fsp3) is 0.316. The molecular formula is C19H22N4O2. The van der Waals surface area contributed by atoms with Crippen molar-refractivity contribution < 1.29 is 9.59 Å². The van der Waals surface area contributed by atoms with E-state index < -0.39 is 0 Å². The Morgan fingerprint density at radius 3 is 3.00 bits per heavy atom. The number of aryl methyl sites for hydroxylation is 2. The van der Waals surface area contributed by atoms with Crippen LogP contribution >= 0.6 is 0 Å². The summed E-state index contributed by atoms with van der Waals surface area (Å²) >= 11 is 0. The lowest BCUT2D eigenvalue weighted by Crippen LogP contribution is -2.34. The first-order valence-electron chi connectivity index (χ1n) is 8.50.